The Morgan fingerprint density at radius 1 is 0.971 bits per heavy atom. The third-order valence-corrected chi connectivity index (χ3v) is 6.85. The normalized spacial score (nSPS) is 18.2. The largest absolute Gasteiger partial charge is 0.497 e. The second-order valence-corrected chi connectivity index (χ2v) is 8.90. The van der Waals surface area contributed by atoms with Gasteiger partial charge < -0.3 is 19.5 Å². The van der Waals surface area contributed by atoms with Crippen LogP contribution in [-0.4, -0.2) is 29.0 Å². The molecule has 0 fully saturated rings. The molecule has 3 heterocycles. The Morgan fingerprint density at radius 2 is 1.76 bits per heavy atom. The van der Waals surface area contributed by atoms with E-state index in [1.54, 1.807) is 20.5 Å². The fourth-order valence-corrected chi connectivity index (χ4v) is 5.20. The minimum atomic E-state index is -0.357. The highest BCUT2D eigenvalue weighted by molar-refractivity contribution is 9.10. The van der Waals surface area contributed by atoms with E-state index >= 15 is 0 Å². The highest BCUT2D eigenvalue weighted by Crippen LogP contribution is 2.51. The predicted molar refractivity (Wildman–Crippen MR) is 132 cm³/mol. The van der Waals surface area contributed by atoms with Gasteiger partial charge in [0.25, 0.3) is 0 Å². The maximum absolute atomic E-state index is 6.66. The number of hydrogen-bond donors (Lipinski definition) is 1. The van der Waals surface area contributed by atoms with E-state index in [2.05, 4.69) is 49.5 Å². The summed E-state index contributed by atoms with van der Waals surface area (Å²) in [6.07, 6.45) is 1.22. The third-order valence-electron chi connectivity index (χ3n) is 6.23. The first-order chi connectivity index (χ1) is 16.7. The van der Waals surface area contributed by atoms with Crippen molar-refractivity contribution in [2.75, 3.05) is 19.5 Å². The summed E-state index contributed by atoms with van der Waals surface area (Å²) in [6, 6.07) is 21.9. The quantitative estimate of drug-likeness (QED) is 0.379. The van der Waals surface area contributed by atoms with Gasteiger partial charge in [-0.3, -0.25) is 0 Å². The van der Waals surface area contributed by atoms with E-state index in [4.69, 9.17) is 14.2 Å². The zero-order valence-corrected chi connectivity index (χ0v) is 20.1. The Balaban J connectivity index is 1.59. The average Bonchev–Trinajstić information content (AvgIpc) is 3.35. The lowest BCUT2D eigenvalue weighted by atomic mass is 9.84. The standard InChI is InChI=1S/C26H21BrN4O3/c1-32-17-10-7-15(8-11-17)24-22-23(30-26-28-14-29-31(24)26)18-5-3-4-6-20(18)34-25(22)16-9-12-21(33-2)19(27)13-16/h3-14,24-25H,1-2H3,(H,28,29,30)/t24-,25+/m0/s1. The average molecular weight is 517 g/mol. The molecular formula is C26H21BrN4O3. The third kappa shape index (κ3) is 3.25. The summed E-state index contributed by atoms with van der Waals surface area (Å²) in [7, 11) is 3.32. The summed E-state index contributed by atoms with van der Waals surface area (Å²) in [5, 5.41) is 8.09. The number of methoxy groups -OCH3 is 2. The van der Waals surface area contributed by atoms with E-state index in [9.17, 15) is 0 Å². The Morgan fingerprint density at radius 3 is 2.53 bits per heavy atom. The van der Waals surface area contributed by atoms with Crippen LogP contribution in [0.15, 0.2) is 83.1 Å². The lowest BCUT2D eigenvalue weighted by Gasteiger charge is -2.39. The van der Waals surface area contributed by atoms with E-state index in [0.717, 1.165) is 49.7 Å². The second kappa shape index (κ2) is 8.22. The van der Waals surface area contributed by atoms with Crippen molar-refractivity contribution in [2.45, 2.75) is 12.1 Å². The summed E-state index contributed by atoms with van der Waals surface area (Å²) < 4.78 is 20.3. The summed E-state index contributed by atoms with van der Waals surface area (Å²) in [5.74, 6) is 3.06. The SMILES string of the molecule is COc1ccc([C@H]2C3=C(Nc4ncnn42)c2ccccc2O[C@@H]3c2ccc(OC)c(Br)c2)cc1. The Labute approximate surface area is 205 Å². The molecule has 0 amide bonds. The number of para-hydroxylation sites is 1. The zero-order valence-electron chi connectivity index (χ0n) is 18.5. The molecule has 0 radical (unpaired) electrons. The van der Waals surface area contributed by atoms with Crippen LogP contribution in [0.5, 0.6) is 17.2 Å². The number of benzene rings is 3. The predicted octanol–water partition coefficient (Wildman–Crippen LogP) is 5.62. The van der Waals surface area contributed by atoms with Gasteiger partial charge in [0.15, 0.2) is 0 Å². The first kappa shape index (κ1) is 20.8. The van der Waals surface area contributed by atoms with E-state index in [-0.39, 0.29) is 12.1 Å². The summed E-state index contributed by atoms with van der Waals surface area (Å²) in [5.41, 5.74) is 5.09. The molecule has 2 aliphatic rings. The van der Waals surface area contributed by atoms with Crippen molar-refractivity contribution in [3.05, 3.63) is 99.8 Å². The molecule has 1 N–H and O–H groups in total. The molecule has 7 nitrogen and oxygen atoms in total. The van der Waals surface area contributed by atoms with E-state index in [0.29, 0.717) is 5.95 Å². The van der Waals surface area contributed by atoms with E-state index in [1.807, 2.05) is 53.2 Å². The summed E-state index contributed by atoms with van der Waals surface area (Å²) >= 11 is 3.64. The molecule has 0 spiro atoms. The van der Waals surface area contributed by atoms with Crippen LogP contribution >= 0.6 is 15.9 Å². The lowest BCUT2D eigenvalue weighted by Crippen LogP contribution is -2.32. The number of aromatic nitrogens is 3. The van der Waals surface area contributed by atoms with Gasteiger partial charge in [-0.05, 0) is 63.5 Å². The van der Waals surface area contributed by atoms with Crippen LogP contribution in [-0.2, 0) is 0 Å². The van der Waals surface area contributed by atoms with Crippen molar-refractivity contribution in [3.63, 3.8) is 0 Å². The highest BCUT2D eigenvalue weighted by atomic mass is 79.9. The first-order valence-corrected chi connectivity index (χ1v) is 11.6. The smallest absolute Gasteiger partial charge is 0.226 e. The number of nitrogens with one attached hydrogen (secondary N) is 1. The van der Waals surface area contributed by atoms with Crippen LogP contribution in [0, 0.1) is 0 Å². The van der Waals surface area contributed by atoms with Crippen LogP contribution in [0.1, 0.15) is 28.8 Å². The van der Waals surface area contributed by atoms with Crippen molar-refractivity contribution >= 4 is 27.6 Å². The molecule has 170 valence electrons. The van der Waals surface area contributed by atoms with Gasteiger partial charge in [0, 0.05) is 11.1 Å². The van der Waals surface area contributed by atoms with Crippen LogP contribution in [0.4, 0.5) is 5.95 Å². The number of nitrogens with zero attached hydrogens (tertiary/aromatic N) is 3. The molecule has 8 heteroatoms. The van der Waals surface area contributed by atoms with E-state index < -0.39 is 0 Å². The summed E-state index contributed by atoms with van der Waals surface area (Å²) in [6.45, 7) is 0. The molecule has 2 aliphatic heterocycles. The number of halogens is 1. The first-order valence-electron chi connectivity index (χ1n) is 10.8. The Kier molecular flexibility index (Phi) is 5.03. The van der Waals surface area contributed by atoms with Gasteiger partial charge in [0.05, 0.1) is 24.4 Å². The maximum Gasteiger partial charge on any atom is 0.226 e. The fraction of sp³-hybridized carbons (Fsp3) is 0.154. The summed E-state index contributed by atoms with van der Waals surface area (Å²) in [4.78, 5) is 4.48. The van der Waals surface area contributed by atoms with Gasteiger partial charge in [-0.15, -0.1) is 0 Å². The van der Waals surface area contributed by atoms with Gasteiger partial charge in [-0.1, -0.05) is 30.3 Å². The molecule has 1 aromatic heterocycles. The molecule has 34 heavy (non-hydrogen) atoms. The Bertz CT molecular complexity index is 1410. The van der Waals surface area contributed by atoms with Gasteiger partial charge in [0.2, 0.25) is 5.95 Å². The molecule has 0 unspecified atom stereocenters. The Hall–Kier alpha value is -3.78. The van der Waals surface area contributed by atoms with Crippen LogP contribution in [0.3, 0.4) is 0 Å². The van der Waals surface area contributed by atoms with Crippen LogP contribution in [0.2, 0.25) is 0 Å². The molecule has 3 aromatic carbocycles. The van der Waals surface area contributed by atoms with Crippen molar-refractivity contribution < 1.29 is 14.2 Å². The second-order valence-electron chi connectivity index (χ2n) is 8.05. The van der Waals surface area contributed by atoms with Crippen LogP contribution in [0.25, 0.3) is 5.70 Å². The van der Waals surface area contributed by atoms with Crippen molar-refractivity contribution in [3.8, 4) is 17.2 Å². The number of ether oxygens (including phenoxy) is 3. The monoisotopic (exact) mass is 516 g/mol. The minimum Gasteiger partial charge on any atom is -0.497 e. The topological polar surface area (TPSA) is 70.4 Å². The van der Waals surface area contributed by atoms with Gasteiger partial charge in [-0.25, -0.2) is 4.68 Å². The number of anilines is 1. The minimum absolute atomic E-state index is 0.223. The number of fused-ring (bicyclic) bond motifs is 3. The fourth-order valence-electron chi connectivity index (χ4n) is 4.64. The van der Waals surface area contributed by atoms with Gasteiger partial charge in [-0.2, -0.15) is 10.1 Å². The van der Waals surface area contributed by atoms with Crippen molar-refractivity contribution in [1.29, 1.82) is 0 Å². The highest BCUT2D eigenvalue weighted by Gasteiger charge is 2.41. The van der Waals surface area contributed by atoms with E-state index in [1.165, 1.54) is 0 Å². The number of rotatable bonds is 4. The molecule has 0 aliphatic carbocycles. The zero-order chi connectivity index (χ0) is 23.2. The van der Waals surface area contributed by atoms with Gasteiger partial charge >= 0.3 is 0 Å². The molecule has 4 aromatic rings. The molecule has 6 rings (SSSR count). The molecule has 2 atom stereocenters. The maximum atomic E-state index is 6.66. The van der Waals surface area contributed by atoms with Crippen molar-refractivity contribution in [2.24, 2.45) is 0 Å². The molecule has 0 saturated carbocycles. The molecule has 0 bridgehead atoms. The van der Waals surface area contributed by atoms with Crippen molar-refractivity contribution in [1.82, 2.24) is 14.8 Å². The molecular weight excluding hydrogens is 496 g/mol. The van der Waals surface area contributed by atoms with Crippen LogP contribution < -0.4 is 19.5 Å². The molecule has 0 saturated heterocycles. The number of hydrogen-bond acceptors (Lipinski definition) is 6. The lowest BCUT2D eigenvalue weighted by molar-refractivity contribution is 0.223. The van der Waals surface area contributed by atoms with Gasteiger partial charge in [0.1, 0.15) is 35.7 Å².